The van der Waals surface area contributed by atoms with Gasteiger partial charge in [-0.1, -0.05) is 0 Å². The van der Waals surface area contributed by atoms with Crippen molar-refractivity contribution in [3.05, 3.63) is 48.4 Å². The summed E-state index contributed by atoms with van der Waals surface area (Å²) < 4.78 is 10.8. The number of aromatic nitrogens is 3. The molecule has 0 saturated heterocycles. The van der Waals surface area contributed by atoms with Gasteiger partial charge in [-0.15, -0.1) is 12.4 Å². The number of aryl methyl sites for hydroxylation is 1. The molecule has 0 fully saturated rings. The lowest BCUT2D eigenvalue weighted by Crippen LogP contribution is -1.95. The number of nitrogens with one attached hydrogen (secondary N) is 2. The van der Waals surface area contributed by atoms with Gasteiger partial charge in [0.1, 0.15) is 11.8 Å². The molecule has 0 unspecified atom stereocenters. The fraction of sp³-hybridized carbons (Fsp3) is 0.111. The number of halogens is 1. The lowest BCUT2D eigenvalue weighted by atomic mass is 10.1. The number of fused-ring (bicyclic) bond motifs is 4. The zero-order valence-corrected chi connectivity index (χ0v) is 14.2. The van der Waals surface area contributed by atoms with E-state index < -0.39 is 0 Å². The molecule has 0 spiro atoms. The summed E-state index contributed by atoms with van der Waals surface area (Å²) >= 11 is 0. The molecular formula is C18H15ClN4O2. The van der Waals surface area contributed by atoms with Gasteiger partial charge in [-0.05, 0) is 37.3 Å². The van der Waals surface area contributed by atoms with Gasteiger partial charge in [-0.3, -0.25) is 0 Å². The Bertz CT molecular complexity index is 1090. The maximum absolute atomic E-state index is 5.46. The van der Waals surface area contributed by atoms with Crippen LogP contribution in [-0.4, -0.2) is 21.7 Å². The van der Waals surface area contributed by atoms with E-state index in [1.165, 1.54) is 0 Å². The predicted octanol–water partition coefficient (Wildman–Crippen LogP) is 4.31. The van der Waals surface area contributed by atoms with Crippen molar-refractivity contribution in [3.63, 3.8) is 0 Å². The Kier molecular flexibility index (Phi) is 3.62. The Hall–Kier alpha value is -2.99. The summed E-state index contributed by atoms with van der Waals surface area (Å²) in [6, 6.07) is 11.9. The van der Waals surface area contributed by atoms with E-state index >= 15 is 0 Å². The van der Waals surface area contributed by atoms with Gasteiger partial charge >= 0.3 is 0 Å². The highest BCUT2D eigenvalue weighted by atomic mass is 35.5. The highest BCUT2D eigenvalue weighted by Gasteiger charge is 2.15. The number of pyridine rings is 1. The van der Waals surface area contributed by atoms with E-state index in [0.29, 0.717) is 0 Å². The number of hydrogen-bond acceptors (Lipinski definition) is 5. The number of nitrogens with zero attached hydrogens (tertiary/aromatic N) is 2. The number of H-pyrrole nitrogens is 1. The van der Waals surface area contributed by atoms with Gasteiger partial charge in [-0.2, -0.15) is 0 Å². The summed E-state index contributed by atoms with van der Waals surface area (Å²) in [5.74, 6) is 1.52. The highest BCUT2D eigenvalue weighted by Crippen LogP contribution is 2.37. The third kappa shape index (κ3) is 2.51. The van der Waals surface area contributed by atoms with E-state index in [1.807, 2.05) is 37.3 Å². The molecule has 1 aliphatic heterocycles. The van der Waals surface area contributed by atoms with E-state index in [1.54, 1.807) is 6.33 Å². The molecule has 2 aromatic heterocycles. The van der Waals surface area contributed by atoms with Crippen LogP contribution in [0, 0.1) is 6.92 Å². The summed E-state index contributed by atoms with van der Waals surface area (Å²) in [4.78, 5) is 12.1. The molecule has 4 aromatic rings. The van der Waals surface area contributed by atoms with Gasteiger partial charge in [0.2, 0.25) is 6.79 Å². The minimum atomic E-state index is 0. The average Bonchev–Trinajstić information content (AvgIpc) is 3.22. The van der Waals surface area contributed by atoms with Crippen LogP contribution >= 0.6 is 12.4 Å². The topological polar surface area (TPSA) is 72.1 Å². The van der Waals surface area contributed by atoms with E-state index in [2.05, 4.69) is 26.3 Å². The predicted molar refractivity (Wildman–Crippen MR) is 99.2 cm³/mol. The van der Waals surface area contributed by atoms with Gasteiger partial charge in [0.25, 0.3) is 0 Å². The molecule has 1 aliphatic rings. The van der Waals surface area contributed by atoms with Crippen molar-refractivity contribution < 1.29 is 9.47 Å². The molecule has 0 radical (unpaired) electrons. The molecule has 2 aromatic carbocycles. The lowest BCUT2D eigenvalue weighted by Gasteiger charge is -2.12. The van der Waals surface area contributed by atoms with Crippen LogP contribution in [0.15, 0.2) is 42.7 Å². The molecule has 0 saturated carbocycles. The molecule has 7 heteroatoms. The van der Waals surface area contributed by atoms with Crippen molar-refractivity contribution in [1.29, 1.82) is 0 Å². The lowest BCUT2D eigenvalue weighted by molar-refractivity contribution is 0.174. The minimum Gasteiger partial charge on any atom is -0.454 e. The molecule has 0 amide bonds. The van der Waals surface area contributed by atoms with E-state index in [-0.39, 0.29) is 19.2 Å². The second-order valence-corrected chi connectivity index (χ2v) is 5.79. The van der Waals surface area contributed by atoms with E-state index in [4.69, 9.17) is 9.47 Å². The van der Waals surface area contributed by atoms with E-state index in [9.17, 15) is 0 Å². The number of anilines is 2. The zero-order chi connectivity index (χ0) is 16.1. The fourth-order valence-corrected chi connectivity index (χ4v) is 3.11. The van der Waals surface area contributed by atoms with Crippen LogP contribution in [0.2, 0.25) is 0 Å². The first kappa shape index (κ1) is 15.5. The smallest absolute Gasteiger partial charge is 0.231 e. The van der Waals surface area contributed by atoms with Crippen LogP contribution in [0.3, 0.4) is 0 Å². The number of hydrogen-bond donors (Lipinski definition) is 2. The molecule has 5 rings (SSSR count). The van der Waals surface area contributed by atoms with Gasteiger partial charge in [0.05, 0.1) is 11.2 Å². The summed E-state index contributed by atoms with van der Waals surface area (Å²) in [5.41, 5.74) is 5.75. The highest BCUT2D eigenvalue weighted by molar-refractivity contribution is 6.10. The second-order valence-electron chi connectivity index (χ2n) is 5.79. The monoisotopic (exact) mass is 354 g/mol. The molecule has 25 heavy (non-hydrogen) atoms. The van der Waals surface area contributed by atoms with Crippen molar-refractivity contribution in [2.24, 2.45) is 0 Å². The third-order valence-corrected chi connectivity index (χ3v) is 4.15. The van der Waals surface area contributed by atoms with Gasteiger partial charge in [0.15, 0.2) is 11.5 Å². The molecule has 2 N–H and O–H groups in total. The maximum Gasteiger partial charge on any atom is 0.231 e. The summed E-state index contributed by atoms with van der Waals surface area (Å²) in [6.45, 7) is 2.30. The summed E-state index contributed by atoms with van der Waals surface area (Å²) in [5, 5.41) is 4.50. The second kappa shape index (κ2) is 5.82. The maximum atomic E-state index is 5.46. The molecule has 0 aliphatic carbocycles. The van der Waals surface area contributed by atoms with Crippen LogP contribution in [-0.2, 0) is 0 Å². The van der Waals surface area contributed by atoms with Crippen molar-refractivity contribution in [3.8, 4) is 11.5 Å². The molecule has 126 valence electrons. The summed E-state index contributed by atoms with van der Waals surface area (Å²) in [7, 11) is 0. The Morgan fingerprint density at radius 3 is 2.84 bits per heavy atom. The number of imidazole rings is 1. The molecule has 0 bridgehead atoms. The minimum absolute atomic E-state index is 0. The number of rotatable bonds is 2. The van der Waals surface area contributed by atoms with Gasteiger partial charge < -0.3 is 19.8 Å². The van der Waals surface area contributed by atoms with Crippen molar-refractivity contribution in [2.75, 3.05) is 12.1 Å². The first-order valence-corrected chi connectivity index (χ1v) is 7.68. The first-order valence-electron chi connectivity index (χ1n) is 7.68. The normalized spacial score (nSPS) is 12.4. The first-order chi connectivity index (χ1) is 11.8. The molecular weight excluding hydrogens is 340 g/mol. The van der Waals surface area contributed by atoms with Crippen LogP contribution in [0.5, 0.6) is 11.5 Å². The van der Waals surface area contributed by atoms with Crippen LogP contribution in [0.25, 0.3) is 21.9 Å². The average molecular weight is 355 g/mol. The van der Waals surface area contributed by atoms with Crippen molar-refractivity contribution in [1.82, 2.24) is 15.0 Å². The Morgan fingerprint density at radius 2 is 1.92 bits per heavy atom. The van der Waals surface area contributed by atoms with Crippen LogP contribution in [0.1, 0.15) is 5.69 Å². The standard InChI is InChI=1S/C18H14N4O2.ClH/c1-10-6-14(22-11-2-5-15-16(7-11)24-9-23-15)17-12(21-10)3-4-13-18(17)20-8-19-13;/h2-8,21-22H,9H2,1H3;1H. The summed E-state index contributed by atoms with van der Waals surface area (Å²) in [6.07, 6.45) is 1.59. The van der Waals surface area contributed by atoms with Crippen molar-refractivity contribution >= 4 is 45.7 Å². The third-order valence-electron chi connectivity index (χ3n) is 4.15. The Labute approximate surface area is 149 Å². The van der Waals surface area contributed by atoms with Crippen LogP contribution in [0.4, 0.5) is 11.4 Å². The number of aromatic amines is 1. The molecule has 3 heterocycles. The largest absolute Gasteiger partial charge is 0.454 e. The number of ether oxygens (including phenoxy) is 2. The van der Waals surface area contributed by atoms with Gasteiger partial charge in [-0.25, -0.2) is 9.97 Å². The SMILES string of the molecule is Cc1cc(Nc2ccc3c(c2)OCO3)c2c(ccc3ncnc32)[nH]1.Cl. The van der Waals surface area contributed by atoms with Gasteiger partial charge in [0, 0.05) is 28.4 Å². The van der Waals surface area contributed by atoms with Crippen LogP contribution < -0.4 is 14.8 Å². The fourth-order valence-electron chi connectivity index (χ4n) is 3.11. The molecule has 0 atom stereocenters. The van der Waals surface area contributed by atoms with E-state index in [0.717, 1.165) is 50.5 Å². The Morgan fingerprint density at radius 1 is 1.04 bits per heavy atom. The number of benzene rings is 2. The quantitative estimate of drug-likeness (QED) is 0.561. The Balaban J connectivity index is 0.00000157. The molecule has 6 nitrogen and oxygen atoms in total. The van der Waals surface area contributed by atoms with Crippen molar-refractivity contribution in [2.45, 2.75) is 6.92 Å². The zero-order valence-electron chi connectivity index (χ0n) is 13.4.